The molecule has 0 radical (unpaired) electrons. The summed E-state index contributed by atoms with van der Waals surface area (Å²) in [6.45, 7) is 9.76. The number of aromatic nitrogens is 2. The number of nitrogens with zero attached hydrogens (tertiary/aromatic N) is 2. The molecule has 1 atom stereocenters. The second kappa shape index (κ2) is 12.7. The van der Waals surface area contributed by atoms with Crippen molar-refractivity contribution < 1.29 is 24.1 Å². The summed E-state index contributed by atoms with van der Waals surface area (Å²) in [6.07, 6.45) is 1.69. The maximum atomic E-state index is 12.7. The molecule has 2 aromatic rings. The normalized spacial score (nSPS) is 12.4. The lowest BCUT2D eigenvalue weighted by Gasteiger charge is -2.24. The van der Waals surface area contributed by atoms with Crippen LogP contribution in [0.4, 0.5) is 0 Å². The highest BCUT2D eigenvalue weighted by Crippen LogP contribution is 2.27. The summed E-state index contributed by atoms with van der Waals surface area (Å²) in [5.41, 5.74) is 0.279. The number of esters is 1. The third kappa shape index (κ3) is 7.22. The van der Waals surface area contributed by atoms with Crippen LogP contribution in [0.3, 0.4) is 0 Å². The lowest BCUT2D eigenvalue weighted by molar-refractivity contribution is 0.0225. The Kier molecular flexibility index (Phi) is 10.3. The third-order valence-electron chi connectivity index (χ3n) is 4.52. The minimum absolute atomic E-state index is 0.183. The van der Waals surface area contributed by atoms with Gasteiger partial charge in [-0.2, -0.15) is 0 Å². The fraction of sp³-hybridized carbons (Fsp3) is 0.571. The van der Waals surface area contributed by atoms with Gasteiger partial charge in [-0.15, -0.1) is 17.9 Å². The van der Waals surface area contributed by atoms with Gasteiger partial charge in [-0.1, -0.05) is 6.08 Å². The molecule has 2 N–H and O–H groups in total. The Morgan fingerprint density at radius 2 is 2.23 bits per heavy atom. The van der Waals surface area contributed by atoms with Crippen molar-refractivity contribution in [3.8, 4) is 0 Å². The quantitative estimate of drug-likeness (QED) is 0.253. The number of carbonyl (C=O) groups is 1. The van der Waals surface area contributed by atoms with Gasteiger partial charge in [0, 0.05) is 26.8 Å². The molecule has 0 aliphatic heterocycles. The van der Waals surface area contributed by atoms with Crippen molar-refractivity contribution in [1.82, 2.24) is 14.9 Å². The van der Waals surface area contributed by atoms with Crippen LogP contribution in [0.1, 0.15) is 34.4 Å². The number of rotatable bonds is 14. The van der Waals surface area contributed by atoms with Crippen LogP contribution in [0.2, 0.25) is 0 Å². The van der Waals surface area contributed by atoms with E-state index in [0.29, 0.717) is 59.3 Å². The summed E-state index contributed by atoms with van der Waals surface area (Å²) in [5.74, 6) is 0.0126. The maximum Gasteiger partial charge on any atom is 0.348 e. The van der Waals surface area contributed by atoms with E-state index in [-0.39, 0.29) is 18.8 Å². The zero-order valence-electron chi connectivity index (χ0n) is 18.3. The number of carbonyl (C=O) groups excluding carboxylic acids is 1. The third-order valence-corrected chi connectivity index (χ3v) is 5.69. The number of aryl methyl sites for hydroxylation is 1. The molecule has 0 bridgehead atoms. The van der Waals surface area contributed by atoms with Gasteiger partial charge in [-0.25, -0.2) is 9.78 Å². The number of hydrogen-bond donors (Lipinski definition) is 2. The van der Waals surface area contributed by atoms with Crippen LogP contribution >= 0.6 is 11.3 Å². The summed E-state index contributed by atoms with van der Waals surface area (Å²) < 4.78 is 15.5. The van der Waals surface area contributed by atoms with E-state index in [9.17, 15) is 14.7 Å². The van der Waals surface area contributed by atoms with Crippen molar-refractivity contribution in [2.45, 2.75) is 32.9 Å². The number of thiophene rings is 1. The molecule has 172 valence electrons. The lowest BCUT2D eigenvalue weighted by atomic mass is 10.2. The van der Waals surface area contributed by atoms with Gasteiger partial charge >= 0.3 is 5.97 Å². The van der Waals surface area contributed by atoms with Crippen LogP contribution in [0.5, 0.6) is 0 Å². The Hall–Kier alpha value is -2.11. The number of methoxy groups -OCH3 is 1. The molecule has 10 heteroatoms. The minimum Gasteiger partial charge on any atom is -0.462 e. The average molecular weight is 454 g/mol. The first-order chi connectivity index (χ1) is 14.9. The molecule has 0 aliphatic carbocycles. The number of fused-ring (bicyclic) bond motifs is 1. The summed E-state index contributed by atoms with van der Waals surface area (Å²) in [7, 11) is 1.63. The van der Waals surface area contributed by atoms with Crippen LogP contribution in [0, 0.1) is 6.92 Å². The Bertz CT molecular complexity index is 926. The number of nitrogens with one attached hydrogen (secondary N) is 1. The molecule has 0 fully saturated rings. The summed E-state index contributed by atoms with van der Waals surface area (Å²) in [5, 5.41) is 10.7. The number of aromatic amines is 1. The smallest absolute Gasteiger partial charge is 0.348 e. The molecule has 0 aromatic carbocycles. The van der Waals surface area contributed by atoms with Crippen molar-refractivity contribution >= 4 is 27.5 Å². The maximum absolute atomic E-state index is 12.7. The Balaban J connectivity index is 2.22. The Morgan fingerprint density at radius 3 is 2.90 bits per heavy atom. The molecular formula is C21H31N3O6S. The standard InChI is InChI=1S/C21H31N3O6S/c1-5-9-29-13-15(25)11-24(8-7-10-28-4)12-16-22-19(26)17-14(3)18(21(27)30-6-2)31-20(17)23-16/h5,15,25H,1,6-13H2,2-4H3,(H,22,23,26)/t15-/m1/s1. The van der Waals surface area contributed by atoms with Gasteiger partial charge in [0.1, 0.15) is 15.5 Å². The molecule has 0 spiro atoms. The monoisotopic (exact) mass is 453 g/mol. The highest BCUT2D eigenvalue weighted by atomic mass is 32.1. The van der Waals surface area contributed by atoms with Crippen molar-refractivity contribution in [2.75, 3.05) is 46.6 Å². The summed E-state index contributed by atoms with van der Waals surface area (Å²) in [6, 6.07) is 0. The number of aliphatic hydroxyl groups excluding tert-OH is 1. The fourth-order valence-corrected chi connectivity index (χ4v) is 4.27. The highest BCUT2D eigenvalue weighted by Gasteiger charge is 2.21. The van der Waals surface area contributed by atoms with Gasteiger partial charge in [-0.3, -0.25) is 9.69 Å². The van der Waals surface area contributed by atoms with E-state index >= 15 is 0 Å². The molecule has 0 saturated heterocycles. The topological polar surface area (TPSA) is 114 Å². The number of hydrogen-bond acceptors (Lipinski definition) is 9. The van der Waals surface area contributed by atoms with Crippen molar-refractivity contribution in [3.05, 3.63) is 39.3 Å². The Morgan fingerprint density at radius 1 is 1.45 bits per heavy atom. The molecule has 2 heterocycles. The van der Waals surface area contributed by atoms with Crippen molar-refractivity contribution in [3.63, 3.8) is 0 Å². The molecule has 0 saturated carbocycles. The lowest BCUT2D eigenvalue weighted by Crippen LogP contribution is -2.36. The van der Waals surface area contributed by atoms with E-state index in [1.165, 1.54) is 0 Å². The number of H-pyrrole nitrogens is 1. The van der Waals surface area contributed by atoms with E-state index in [4.69, 9.17) is 14.2 Å². The van der Waals surface area contributed by atoms with E-state index in [2.05, 4.69) is 16.5 Å². The number of ether oxygens (including phenoxy) is 3. The van der Waals surface area contributed by atoms with Gasteiger partial charge < -0.3 is 24.3 Å². The largest absolute Gasteiger partial charge is 0.462 e. The predicted octanol–water partition coefficient (Wildman–Crippen LogP) is 1.87. The van der Waals surface area contributed by atoms with Gasteiger partial charge in [0.15, 0.2) is 0 Å². The van der Waals surface area contributed by atoms with Crippen LogP contribution in [-0.4, -0.2) is 78.7 Å². The van der Waals surface area contributed by atoms with E-state index < -0.39 is 12.1 Å². The first kappa shape index (κ1) is 25.2. The first-order valence-electron chi connectivity index (χ1n) is 10.2. The molecule has 0 amide bonds. The molecule has 9 nitrogen and oxygen atoms in total. The predicted molar refractivity (Wildman–Crippen MR) is 120 cm³/mol. The zero-order chi connectivity index (χ0) is 22.8. The van der Waals surface area contributed by atoms with Gasteiger partial charge in [0.25, 0.3) is 5.56 Å². The molecule has 2 rings (SSSR count). The van der Waals surface area contributed by atoms with Crippen LogP contribution < -0.4 is 5.56 Å². The SMILES string of the molecule is C=CCOC[C@H](O)CN(CCCOC)Cc1nc2sc(C(=O)OCC)c(C)c2c(=O)[nH]1. The van der Waals surface area contributed by atoms with Gasteiger partial charge in [-0.05, 0) is 25.8 Å². The van der Waals surface area contributed by atoms with Gasteiger partial charge in [0.2, 0.25) is 0 Å². The average Bonchev–Trinajstić information content (AvgIpc) is 3.05. The fourth-order valence-electron chi connectivity index (χ4n) is 3.17. The van der Waals surface area contributed by atoms with Crippen molar-refractivity contribution in [2.24, 2.45) is 0 Å². The second-order valence-corrected chi connectivity index (χ2v) is 8.03. The van der Waals surface area contributed by atoms with Crippen LogP contribution in [-0.2, 0) is 20.8 Å². The zero-order valence-corrected chi connectivity index (χ0v) is 19.1. The molecule has 31 heavy (non-hydrogen) atoms. The second-order valence-electron chi connectivity index (χ2n) is 7.03. The first-order valence-corrected chi connectivity index (χ1v) is 11.0. The highest BCUT2D eigenvalue weighted by molar-refractivity contribution is 7.20. The number of aliphatic hydroxyl groups is 1. The Labute approximate surface area is 185 Å². The molecule has 0 aliphatic rings. The summed E-state index contributed by atoms with van der Waals surface area (Å²) in [4.78, 5) is 35.1. The summed E-state index contributed by atoms with van der Waals surface area (Å²) >= 11 is 1.15. The van der Waals surface area contributed by atoms with E-state index in [0.717, 1.165) is 17.8 Å². The molecule has 0 unspecified atom stereocenters. The van der Waals surface area contributed by atoms with E-state index in [1.54, 1.807) is 27.0 Å². The van der Waals surface area contributed by atoms with Crippen LogP contribution in [0.25, 0.3) is 10.2 Å². The molecular weight excluding hydrogens is 422 g/mol. The van der Waals surface area contributed by atoms with Crippen molar-refractivity contribution in [1.29, 1.82) is 0 Å². The molecule has 2 aromatic heterocycles. The van der Waals surface area contributed by atoms with Gasteiger partial charge in [0.05, 0.1) is 37.9 Å². The van der Waals surface area contributed by atoms with Crippen LogP contribution in [0.15, 0.2) is 17.4 Å². The minimum atomic E-state index is -0.697. The van der Waals surface area contributed by atoms with E-state index in [1.807, 2.05) is 4.90 Å².